The molecule has 1 fully saturated rings. The van der Waals surface area contributed by atoms with E-state index in [0.29, 0.717) is 5.92 Å². The quantitative estimate of drug-likeness (QED) is 0.868. The fraction of sp³-hybridized carbons (Fsp3) is 0.500. The van der Waals surface area contributed by atoms with Gasteiger partial charge in [-0.25, -0.2) is 4.98 Å². The Labute approximate surface area is 127 Å². The van der Waals surface area contributed by atoms with Crippen LogP contribution in [0.3, 0.4) is 0 Å². The van der Waals surface area contributed by atoms with Crippen molar-refractivity contribution in [1.29, 1.82) is 0 Å². The van der Waals surface area contributed by atoms with Gasteiger partial charge in [0.15, 0.2) is 0 Å². The zero-order chi connectivity index (χ0) is 14.8. The number of hydrogen-bond acceptors (Lipinski definition) is 2. The molecule has 3 heteroatoms. The van der Waals surface area contributed by atoms with Gasteiger partial charge in [-0.2, -0.15) is 0 Å². The largest absolute Gasteiger partial charge is 0.324 e. The summed E-state index contributed by atoms with van der Waals surface area (Å²) < 4.78 is 2.37. The van der Waals surface area contributed by atoms with Gasteiger partial charge in [-0.05, 0) is 50.4 Å². The van der Waals surface area contributed by atoms with E-state index in [0.717, 1.165) is 31.6 Å². The topological polar surface area (TPSA) is 29.9 Å². The molecule has 1 saturated heterocycles. The summed E-state index contributed by atoms with van der Waals surface area (Å²) >= 11 is 0. The molecule has 0 spiro atoms. The monoisotopic (exact) mass is 283 g/mol. The molecule has 0 aliphatic carbocycles. The summed E-state index contributed by atoms with van der Waals surface area (Å²) in [6.07, 6.45) is 3.53. The number of piperidine rings is 1. The Morgan fingerprint density at radius 3 is 3.00 bits per heavy atom. The van der Waals surface area contributed by atoms with Crippen LogP contribution in [0.5, 0.6) is 0 Å². The molecule has 2 aromatic rings. The van der Waals surface area contributed by atoms with Crippen LogP contribution in [0, 0.1) is 0 Å². The van der Waals surface area contributed by atoms with Gasteiger partial charge < -0.3 is 9.88 Å². The highest BCUT2D eigenvalue weighted by Crippen LogP contribution is 2.28. The van der Waals surface area contributed by atoms with Crippen LogP contribution in [0.2, 0.25) is 0 Å². The van der Waals surface area contributed by atoms with Crippen molar-refractivity contribution in [1.82, 2.24) is 14.9 Å². The third-order valence-corrected chi connectivity index (χ3v) is 4.34. The van der Waals surface area contributed by atoms with E-state index in [1.807, 2.05) is 0 Å². The van der Waals surface area contributed by atoms with Crippen molar-refractivity contribution in [2.45, 2.75) is 45.6 Å². The maximum absolute atomic E-state index is 4.98. The predicted octanol–water partition coefficient (Wildman–Crippen LogP) is 3.64. The first kappa shape index (κ1) is 14.3. The number of hydrogen-bond donors (Lipinski definition) is 1. The van der Waals surface area contributed by atoms with Crippen molar-refractivity contribution in [3.8, 4) is 0 Å². The average molecular weight is 283 g/mol. The van der Waals surface area contributed by atoms with Gasteiger partial charge in [0.2, 0.25) is 0 Å². The van der Waals surface area contributed by atoms with E-state index in [-0.39, 0.29) is 0 Å². The molecule has 1 N–H and O–H groups in total. The van der Waals surface area contributed by atoms with E-state index in [2.05, 4.69) is 48.5 Å². The second kappa shape index (κ2) is 6.02. The first-order valence-electron chi connectivity index (χ1n) is 8.03. The Kier molecular flexibility index (Phi) is 4.11. The summed E-state index contributed by atoms with van der Waals surface area (Å²) in [6.45, 7) is 11.4. The van der Waals surface area contributed by atoms with Gasteiger partial charge in [0.05, 0.1) is 11.0 Å². The number of aryl methyl sites for hydroxylation is 1. The van der Waals surface area contributed by atoms with Crippen LogP contribution in [-0.4, -0.2) is 22.6 Å². The van der Waals surface area contributed by atoms with E-state index < -0.39 is 0 Å². The summed E-state index contributed by atoms with van der Waals surface area (Å²) in [5, 5.41) is 3.50. The highest BCUT2D eigenvalue weighted by atomic mass is 15.1. The average Bonchev–Trinajstić information content (AvgIpc) is 2.85. The van der Waals surface area contributed by atoms with Crippen molar-refractivity contribution in [2.24, 2.45) is 0 Å². The van der Waals surface area contributed by atoms with E-state index in [1.54, 1.807) is 0 Å². The Balaban J connectivity index is 2.09. The standard InChI is InChI=1S/C18H25N3/c1-4-14-7-8-17-16(10-14)20-18(21(17)12-13(2)3)15-6-5-9-19-11-15/h7-8,10,15,19H,2,4-6,9,11-12H2,1,3H3. The van der Waals surface area contributed by atoms with Crippen molar-refractivity contribution < 1.29 is 0 Å². The lowest BCUT2D eigenvalue weighted by Gasteiger charge is -2.23. The molecule has 2 heterocycles. The molecule has 112 valence electrons. The maximum Gasteiger partial charge on any atom is 0.114 e. The first-order valence-corrected chi connectivity index (χ1v) is 8.03. The van der Waals surface area contributed by atoms with Gasteiger partial charge in [0.1, 0.15) is 5.82 Å². The second-order valence-corrected chi connectivity index (χ2v) is 6.23. The van der Waals surface area contributed by atoms with Crippen LogP contribution in [0.1, 0.15) is 44.0 Å². The highest BCUT2D eigenvalue weighted by Gasteiger charge is 2.22. The molecular formula is C18H25N3. The minimum Gasteiger partial charge on any atom is -0.324 e. The molecule has 0 bridgehead atoms. The number of nitrogens with one attached hydrogen (secondary N) is 1. The molecule has 0 saturated carbocycles. The Morgan fingerprint density at radius 2 is 2.33 bits per heavy atom. The third-order valence-electron chi connectivity index (χ3n) is 4.34. The van der Waals surface area contributed by atoms with Crippen molar-refractivity contribution in [2.75, 3.05) is 13.1 Å². The number of nitrogens with zero attached hydrogens (tertiary/aromatic N) is 2. The number of imidazole rings is 1. The Morgan fingerprint density at radius 1 is 1.48 bits per heavy atom. The van der Waals surface area contributed by atoms with Gasteiger partial charge in [0, 0.05) is 19.0 Å². The lowest BCUT2D eigenvalue weighted by molar-refractivity contribution is 0.437. The molecular weight excluding hydrogens is 258 g/mol. The molecule has 3 rings (SSSR count). The molecule has 0 amide bonds. The van der Waals surface area contributed by atoms with Crippen LogP contribution in [0.25, 0.3) is 11.0 Å². The van der Waals surface area contributed by atoms with Crippen LogP contribution < -0.4 is 5.32 Å². The van der Waals surface area contributed by atoms with Crippen molar-refractivity contribution in [3.63, 3.8) is 0 Å². The van der Waals surface area contributed by atoms with E-state index >= 15 is 0 Å². The van der Waals surface area contributed by atoms with Crippen molar-refractivity contribution in [3.05, 3.63) is 41.7 Å². The summed E-state index contributed by atoms with van der Waals surface area (Å²) in [5.41, 5.74) is 4.92. The van der Waals surface area contributed by atoms with Gasteiger partial charge in [-0.1, -0.05) is 25.1 Å². The van der Waals surface area contributed by atoms with Crippen LogP contribution in [0.15, 0.2) is 30.4 Å². The van der Waals surface area contributed by atoms with Crippen LogP contribution in [-0.2, 0) is 13.0 Å². The normalized spacial score (nSPS) is 19.0. The third kappa shape index (κ3) is 2.88. The van der Waals surface area contributed by atoms with E-state index in [1.165, 1.54) is 35.3 Å². The van der Waals surface area contributed by atoms with Crippen LogP contribution in [0.4, 0.5) is 0 Å². The highest BCUT2D eigenvalue weighted by molar-refractivity contribution is 5.77. The first-order chi connectivity index (χ1) is 10.2. The Bertz CT molecular complexity index is 648. The minimum absolute atomic E-state index is 0.524. The van der Waals surface area contributed by atoms with Gasteiger partial charge in [-0.3, -0.25) is 0 Å². The maximum atomic E-state index is 4.98. The van der Waals surface area contributed by atoms with Crippen LogP contribution >= 0.6 is 0 Å². The lowest BCUT2D eigenvalue weighted by atomic mass is 9.99. The number of aromatic nitrogens is 2. The number of benzene rings is 1. The minimum atomic E-state index is 0.524. The fourth-order valence-electron chi connectivity index (χ4n) is 3.23. The Hall–Kier alpha value is -1.61. The molecule has 1 aliphatic heterocycles. The zero-order valence-corrected chi connectivity index (χ0v) is 13.2. The summed E-state index contributed by atoms with van der Waals surface area (Å²) in [5.74, 6) is 1.75. The molecule has 3 nitrogen and oxygen atoms in total. The predicted molar refractivity (Wildman–Crippen MR) is 88.8 cm³/mol. The second-order valence-electron chi connectivity index (χ2n) is 6.23. The number of fused-ring (bicyclic) bond motifs is 1. The van der Waals surface area contributed by atoms with Crippen molar-refractivity contribution >= 4 is 11.0 Å². The molecule has 1 aliphatic rings. The SMILES string of the molecule is C=C(C)Cn1c(C2CCCNC2)nc2cc(CC)ccc21. The summed E-state index contributed by atoms with van der Waals surface area (Å²) in [6, 6.07) is 6.69. The molecule has 1 atom stereocenters. The fourth-order valence-corrected chi connectivity index (χ4v) is 3.23. The summed E-state index contributed by atoms with van der Waals surface area (Å²) in [4.78, 5) is 4.98. The summed E-state index contributed by atoms with van der Waals surface area (Å²) in [7, 11) is 0. The van der Waals surface area contributed by atoms with Gasteiger partial charge in [-0.15, -0.1) is 0 Å². The smallest absolute Gasteiger partial charge is 0.114 e. The molecule has 0 radical (unpaired) electrons. The zero-order valence-electron chi connectivity index (χ0n) is 13.2. The van der Waals surface area contributed by atoms with Gasteiger partial charge >= 0.3 is 0 Å². The van der Waals surface area contributed by atoms with E-state index in [9.17, 15) is 0 Å². The molecule has 1 unspecified atom stereocenters. The van der Waals surface area contributed by atoms with Gasteiger partial charge in [0.25, 0.3) is 0 Å². The van der Waals surface area contributed by atoms with E-state index in [4.69, 9.17) is 4.98 Å². The molecule has 21 heavy (non-hydrogen) atoms. The number of rotatable bonds is 4. The molecule has 1 aromatic carbocycles. The number of allylic oxidation sites excluding steroid dienone is 1. The molecule has 1 aromatic heterocycles. The lowest BCUT2D eigenvalue weighted by Crippen LogP contribution is -2.30.